The van der Waals surface area contributed by atoms with Crippen molar-refractivity contribution in [2.75, 3.05) is 18.4 Å². The van der Waals surface area contributed by atoms with Crippen LogP contribution in [-0.2, 0) is 11.3 Å². The molecule has 6 rings (SSSR count). The van der Waals surface area contributed by atoms with E-state index in [1.54, 1.807) is 0 Å². The molecule has 1 aliphatic carbocycles. The molecule has 6 nitrogen and oxygen atoms in total. The van der Waals surface area contributed by atoms with Gasteiger partial charge in [0.05, 0.1) is 5.92 Å². The number of carboxylic acid groups (broad SMARTS) is 1. The molecule has 2 aliphatic rings. The van der Waals surface area contributed by atoms with E-state index >= 15 is 0 Å². The predicted molar refractivity (Wildman–Crippen MR) is 154 cm³/mol. The molecule has 2 N–H and O–H groups in total. The number of anilines is 1. The maximum atomic E-state index is 11.7. The van der Waals surface area contributed by atoms with Crippen molar-refractivity contribution in [2.24, 2.45) is 5.92 Å². The molecule has 1 aliphatic heterocycles. The SMILES string of the molecule is Cc1noc(-c2ccc(-c3ccc(C(C(=O)O)C4CC4)cc3)cc2)c1NC1CCN(Cc2ccccc2)CC1. The van der Waals surface area contributed by atoms with Gasteiger partial charge in [0, 0.05) is 31.2 Å². The summed E-state index contributed by atoms with van der Waals surface area (Å²) in [4.78, 5) is 14.2. The van der Waals surface area contributed by atoms with E-state index in [4.69, 9.17) is 4.52 Å². The summed E-state index contributed by atoms with van der Waals surface area (Å²) in [6.45, 7) is 5.11. The smallest absolute Gasteiger partial charge is 0.311 e. The van der Waals surface area contributed by atoms with Gasteiger partial charge in [0.1, 0.15) is 11.4 Å². The number of carbonyl (C=O) groups is 1. The number of carboxylic acids is 1. The molecule has 6 heteroatoms. The average molecular weight is 522 g/mol. The van der Waals surface area contributed by atoms with Crippen LogP contribution in [0.1, 0.15) is 48.4 Å². The summed E-state index contributed by atoms with van der Waals surface area (Å²) >= 11 is 0. The van der Waals surface area contributed by atoms with Crippen LogP contribution in [0, 0.1) is 12.8 Å². The Labute approximate surface area is 229 Å². The molecular formula is C33H35N3O3. The Hall–Kier alpha value is -3.90. The minimum atomic E-state index is -0.723. The molecule has 1 unspecified atom stereocenters. The Kier molecular flexibility index (Phi) is 7.20. The quantitative estimate of drug-likeness (QED) is 0.248. The van der Waals surface area contributed by atoms with Crippen molar-refractivity contribution in [3.8, 4) is 22.5 Å². The largest absolute Gasteiger partial charge is 0.481 e. The van der Waals surface area contributed by atoms with Crippen LogP contribution >= 0.6 is 0 Å². The minimum Gasteiger partial charge on any atom is -0.481 e. The number of nitrogens with one attached hydrogen (secondary N) is 1. The molecular weight excluding hydrogens is 486 g/mol. The van der Waals surface area contributed by atoms with Crippen molar-refractivity contribution >= 4 is 11.7 Å². The van der Waals surface area contributed by atoms with Gasteiger partial charge in [0.25, 0.3) is 0 Å². The predicted octanol–water partition coefficient (Wildman–Crippen LogP) is 6.97. The Bertz CT molecular complexity index is 1400. The van der Waals surface area contributed by atoms with Crippen molar-refractivity contribution < 1.29 is 14.4 Å². The first-order chi connectivity index (χ1) is 19.0. The number of aryl methyl sites for hydroxylation is 1. The van der Waals surface area contributed by atoms with Crippen molar-refractivity contribution in [1.29, 1.82) is 0 Å². The van der Waals surface area contributed by atoms with E-state index in [-0.39, 0.29) is 5.92 Å². The molecule has 2 fully saturated rings. The summed E-state index contributed by atoms with van der Waals surface area (Å²) in [5.41, 5.74) is 7.25. The van der Waals surface area contributed by atoms with E-state index in [1.807, 2.05) is 31.2 Å². The van der Waals surface area contributed by atoms with Crippen LogP contribution in [0.4, 0.5) is 5.69 Å². The van der Waals surface area contributed by atoms with E-state index < -0.39 is 11.9 Å². The molecule has 2 heterocycles. The lowest BCUT2D eigenvalue weighted by molar-refractivity contribution is -0.139. The number of aromatic nitrogens is 1. The zero-order chi connectivity index (χ0) is 26.8. The van der Waals surface area contributed by atoms with Crippen molar-refractivity contribution in [3.63, 3.8) is 0 Å². The number of likely N-dealkylation sites (tertiary alicyclic amines) is 1. The number of aliphatic carboxylic acids is 1. The Morgan fingerprint density at radius 1 is 0.923 bits per heavy atom. The third-order valence-corrected chi connectivity index (χ3v) is 8.16. The number of rotatable bonds is 9. The fourth-order valence-electron chi connectivity index (χ4n) is 5.76. The molecule has 1 saturated carbocycles. The fraction of sp³-hybridized carbons (Fsp3) is 0.333. The van der Waals surface area contributed by atoms with Gasteiger partial charge in [-0.1, -0.05) is 84.0 Å². The molecule has 4 aromatic rings. The second-order valence-corrected chi connectivity index (χ2v) is 11.0. The Morgan fingerprint density at radius 2 is 1.54 bits per heavy atom. The first-order valence-corrected chi connectivity index (χ1v) is 14.0. The molecule has 1 saturated heterocycles. The van der Waals surface area contributed by atoms with Gasteiger partial charge in [0.2, 0.25) is 0 Å². The zero-order valence-electron chi connectivity index (χ0n) is 22.3. The molecule has 0 spiro atoms. The highest BCUT2D eigenvalue weighted by molar-refractivity contribution is 5.79. The van der Waals surface area contributed by atoms with Gasteiger partial charge in [-0.25, -0.2) is 0 Å². The third-order valence-electron chi connectivity index (χ3n) is 8.16. The summed E-state index contributed by atoms with van der Waals surface area (Å²) in [5, 5.41) is 17.6. The van der Waals surface area contributed by atoms with Gasteiger partial charge in [-0.15, -0.1) is 0 Å². The summed E-state index contributed by atoms with van der Waals surface area (Å²) in [7, 11) is 0. The maximum absolute atomic E-state index is 11.7. The van der Waals surface area contributed by atoms with E-state index in [0.29, 0.717) is 6.04 Å². The first kappa shape index (κ1) is 25.4. The molecule has 0 radical (unpaired) electrons. The highest BCUT2D eigenvalue weighted by Crippen LogP contribution is 2.43. The van der Waals surface area contributed by atoms with E-state index in [2.05, 4.69) is 70.0 Å². The van der Waals surface area contributed by atoms with E-state index in [0.717, 1.165) is 84.7 Å². The Morgan fingerprint density at radius 3 is 2.15 bits per heavy atom. The summed E-state index contributed by atoms with van der Waals surface area (Å²) in [6, 6.07) is 27.4. The number of nitrogens with zero attached hydrogens (tertiary/aromatic N) is 2. The third kappa shape index (κ3) is 5.76. The van der Waals surface area contributed by atoms with Crippen LogP contribution in [0.3, 0.4) is 0 Å². The highest BCUT2D eigenvalue weighted by atomic mass is 16.5. The highest BCUT2D eigenvalue weighted by Gasteiger charge is 2.37. The number of hydrogen-bond donors (Lipinski definition) is 2. The van der Waals surface area contributed by atoms with Gasteiger partial charge >= 0.3 is 5.97 Å². The fourth-order valence-corrected chi connectivity index (χ4v) is 5.76. The van der Waals surface area contributed by atoms with Crippen molar-refractivity contribution in [1.82, 2.24) is 10.1 Å². The normalized spacial score (nSPS) is 17.2. The van der Waals surface area contributed by atoms with E-state index in [1.165, 1.54) is 5.56 Å². The summed E-state index contributed by atoms with van der Waals surface area (Å²) in [6.07, 6.45) is 4.17. The second-order valence-electron chi connectivity index (χ2n) is 11.0. The van der Waals surface area contributed by atoms with Gasteiger partial charge in [-0.2, -0.15) is 0 Å². The standard InChI is InChI=1S/C33H35N3O3/c1-22-31(34-29-17-19-36(20-18-29)21-23-5-3-2-4-6-23)32(39-35-22)28-15-9-25(10-16-28)24-7-11-26(12-8-24)30(33(37)38)27-13-14-27/h2-12,15-16,27,29-30,34H,13-14,17-21H2,1H3,(H,37,38). The van der Waals surface area contributed by atoms with Crippen molar-refractivity contribution in [3.05, 3.63) is 95.7 Å². The lowest BCUT2D eigenvalue weighted by atomic mass is 9.92. The van der Waals surface area contributed by atoms with E-state index in [9.17, 15) is 9.90 Å². The summed E-state index contributed by atoms with van der Waals surface area (Å²) < 4.78 is 5.78. The Balaban J connectivity index is 1.11. The monoisotopic (exact) mass is 521 g/mol. The number of benzene rings is 3. The van der Waals surface area contributed by atoms with Crippen molar-refractivity contribution in [2.45, 2.75) is 51.1 Å². The molecule has 0 amide bonds. The topological polar surface area (TPSA) is 78.6 Å². The molecule has 1 atom stereocenters. The average Bonchev–Trinajstić information content (AvgIpc) is 3.73. The molecule has 1 aromatic heterocycles. The molecule has 0 bridgehead atoms. The van der Waals surface area contributed by atoms with Crippen LogP contribution in [0.5, 0.6) is 0 Å². The van der Waals surface area contributed by atoms with Gasteiger partial charge in [-0.05, 0) is 60.8 Å². The molecule has 3 aromatic carbocycles. The summed E-state index contributed by atoms with van der Waals surface area (Å²) in [5.74, 6) is -0.0604. The molecule has 39 heavy (non-hydrogen) atoms. The van der Waals surface area contributed by atoms with Gasteiger partial charge < -0.3 is 14.9 Å². The van der Waals surface area contributed by atoms with Crippen LogP contribution in [-0.4, -0.2) is 40.3 Å². The lowest BCUT2D eigenvalue weighted by Crippen LogP contribution is -2.38. The number of hydrogen-bond acceptors (Lipinski definition) is 5. The van der Waals surface area contributed by atoms with Crippen LogP contribution in [0.25, 0.3) is 22.5 Å². The lowest BCUT2D eigenvalue weighted by Gasteiger charge is -2.32. The molecule has 200 valence electrons. The number of piperidine rings is 1. The van der Waals surface area contributed by atoms with Gasteiger partial charge in [0.15, 0.2) is 5.76 Å². The second kappa shape index (κ2) is 11.1. The van der Waals surface area contributed by atoms with Crippen LogP contribution < -0.4 is 5.32 Å². The minimum absolute atomic E-state index is 0.280. The zero-order valence-corrected chi connectivity index (χ0v) is 22.3. The maximum Gasteiger partial charge on any atom is 0.311 e. The van der Waals surface area contributed by atoms with Gasteiger partial charge in [-0.3, -0.25) is 9.69 Å². The van der Waals surface area contributed by atoms with Crippen LogP contribution in [0.15, 0.2) is 83.4 Å². The first-order valence-electron chi connectivity index (χ1n) is 14.0. The van der Waals surface area contributed by atoms with Crippen LogP contribution in [0.2, 0.25) is 0 Å².